The highest BCUT2D eigenvalue weighted by Crippen LogP contribution is 2.17. The summed E-state index contributed by atoms with van der Waals surface area (Å²) in [6.07, 6.45) is 10.7. The topological polar surface area (TPSA) is 12.0 Å². The maximum absolute atomic E-state index is 3.85. The van der Waals surface area contributed by atoms with E-state index in [1.54, 1.807) is 0 Å². The van der Waals surface area contributed by atoms with Gasteiger partial charge in [-0.05, 0) is 25.3 Å². The third kappa shape index (κ3) is 7.09. The van der Waals surface area contributed by atoms with Crippen LogP contribution in [0.15, 0.2) is 30.3 Å². The highest BCUT2D eigenvalue weighted by Gasteiger charge is 2.12. The maximum Gasteiger partial charge on any atom is 0.0294 e. The quantitative estimate of drug-likeness (QED) is 0.498. The second kappa shape index (κ2) is 10.9. The van der Waals surface area contributed by atoms with Crippen LogP contribution in [0.3, 0.4) is 0 Å². The molecule has 20 heavy (non-hydrogen) atoms. The van der Waals surface area contributed by atoms with Crippen molar-refractivity contribution in [3.63, 3.8) is 0 Å². The van der Waals surface area contributed by atoms with Crippen molar-refractivity contribution in [2.75, 3.05) is 0 Å². The van der Waals surface area contributed by atoms with E-state index in [0.29, 0.717) is 12.1 Å². The third-order valence-corrected chi connectivity index (χ3v) is 4.10. The lowest BCUT2D eigenvalue weighted by Gasteiger charge is -2.24. The molecule has 0 saturated carbocycles. The largest absolute Gasteiger partial charge is 0.307 e. The standard InChI is InChI=1S/C19H33N/c1-4-6-9-15-19(16-10-7-5-2)20-17(3)18-13-11-8-12-14-18/h8,11-14,17,19-20H,4-7,9-10,15-16H2,1-3H3. The first-order valence-electron chi connectivity index (χ1n) is 8.58. The monoisotopic (exact) mass is 275 g/mol. The predicted molar refractivity (Wildman–Crippen MR) is 90.1 cm³/mol. The molecule has 0 bridgehead atoms. The summed E-state index contributed by atoms with van der Waals surface area (Å²) in [6.45, 7) is 6.86. The summed E-state index contributed by atoms with van der Waals surface area (Å²) >= 11 is 0. The van der Waals surface area contributed by atoms with Crippen LogP contribution < -0.4 is 5.32 Å². The molecule has 1 rings (SSSR count). The first-order valence-corrected chi connectivity index (χ1v) is 8.58. The molecule has 0 heterocycles. The van der Waals surface area contributed by atoms with E-state index >= 15 is 0 Å². The first kappa shape index (κ1) is 17.2. The molecule has 0 spiro atoms. The smallest absolute Gasteiger partial charge is 0.0294 e. The lowest BCUT2D eigenvalue weighted by atomic mass is 9.99. The van der Waals surface area contributed by atoms with Crippen LogP contribution in [0.25, 0.3) is 0 Å². The lowest BCUT2D eigenvalue weighted by molar-refractivity contribution is 0.384. The molecule has 0 aliphatic rings. The van der Waals surface area contributed by atoms with Gasteiger partial charge in [-0.2, -0.15) is 0 Å². The minimum atomic E-state index is 0.462. The van der Waals surface area contributed by atoms with Gasteiger partial charge in [-0.15, -0.1) is 0 Å². The molecule has 1 aromatic carbocycles. The predicted octanol–water partition coefficient (Wildman–Crippen LogP) is 5.87. The van der Waals surface area contributed by atoms with Gasteiger partial charge in [0.05, 0.1) is 0 Å². The third-order valence-electron chi connectivity index (χ3n) is 4.10. The van der Waals surface area contributed by atoms with Gasteiger partial charge in [0.25, 0.3) is 0 Å². The zero-order valence-electron chi connectivity index (χ0n) is 13.7. The fraction of sp³-hybridized carbons (Fsp3) is 0.684. The van der Waals surface area contributed by atoms with Crippen molar-refractivity contribution in [1.82, 2.24) is 5.32 Å². The zero-order valence-corrected chi connectivity index (χ0v) is 13.7. The number of rotatable bonds is 11. The van der Waals surface area contributed by atoms with Crippen LogP contribution in [-0.4, -0.2) is 6.04 Å². The van der Waals surface area contributed by atoms with Gasteiger partial charge in [-0.1, -0.05) is 82.7 Å². The SMILES string of the molecule is CCCCCC(CCCCC)NC(C)c1ccccc1. The summed E-state index contributed by atoms with van der Waals surface area (Å²) in [5.74, 6) is 0. The zero-order chi connectivity index (χ0) is 14.6. The molecule has 0 aliphatic carbocycles. The van der Waals surface area contributed by atoms with Gasteiger partial charge in [-0.25, -0.2) is 0 Å². The van der Waals surface area contributed by atoms with E-state index in [1.807, 2.05) is 0 Å². The summed E-state index contributed by atoms with van der Waals surface area (Å²) in [7, 11) is 0. The van der Waals surface area contributed by atoms with Crippen LogP contribution in [0.5, 0.6) is 0 Å². The Balaban J connectivity index is 2.44. The summed E-state index contributed by atoms with van der Waals surface area (Å²) < 4.78 is 0. The average Bonchev–Trinajstić information content (AvgIpc) is 2.48. The highest BCUT2D eigenvalue weighted by molar-refractivity contribution is 5.18. The van der Waals surface area contributed by atoms with Crippen molar-refractivity contribution in [3.05, 3.63) is 35.9 Å². The molecular formula is C19H33N. The summed E-state index contributed by atoms with van der Waals surface area (Å²) in [6, 6.07) is 12.0. The van der Waals surface area contributed by atoms with E-state index in [9.17, 15) is 0 Å². The molecule has 0 amide bonds. The molecule has 1 unspecified atom stereocenters. The number of unbranched alkanes of at least 4 members (excludes halogenated alkanes) is 4. The molecule has 0 radical (unpaired) electrons. The minimum Gasteiger partial charge on any atom is -0.307 e. The van der Waals surface area contributed by atoms with Gasteiger partial charge in [0, 0.05) is 12.1 Å². The second-order valence-electron chi connectivity index (χ2n) is 5.99. The Hall–Kier alpha value is -0.820. The molecular weight excluding hydrogens is 242 g/mol. The fourth-order valence-corrected chi connectivity index (χ4v) is 2.78. The summed E-state index contributed by atoms with van der Waals surface area (Å²) in [5, 5.41) is 3.85. The van der Waals surface area contributed by atoms with E-state index in [1.165, 1.54) is 56.9 Å². The van der Waals surface area contributed by atoms with Crippen LogP contribution in [0.2, 0.25) is 0 Å². The molecule has 0 fully saturated rings. The van der Waals surface area contributed by atoms with Crippen molar-refractivity contribution in [3.8, 4) is 0 Å². The number of benzene rings is 1. The highest BCUT2D eigenvalue weighted by atomic mass is 14.9. The molecule has 1 atom stereocenters. The molecule has 1 nitrogen and oxygen atoms in total. The molecule has 0 saturated heterocycles. The number of hydrogen-bond acceptors (Lipinski definition) is 1. The molecule has 1 N–H and O–H groups in total. The van der Waals surface area contributed by atoms with Crippen LogP contribution in [-0.2, 0) is 0 Å². The normalized spacial score (nSPS) is 12.8. The molecule has 1 aromatic rings. The van der Waals surface area contributed by atoms with Crippen molar-refractivity contribution in [2.45, 2.75) is 84.2 Å². The van der Waals surface area contributed by atoms with E-state index in [0.717, 1.165) is 0 Å². The van der Waals surface area contributed by atoms with Gasteiger partial charge in [0.1, 0.15) is 0 Å². The molecule has 114 valence electrons. The van der Waals surface area contributed by atoms with E-state index < -0.39 is 0 Å². The molecule has 0 aromatic heterocycles. The number of hydrogen-bond donors (Lipinski definition) is 1. The maximum atomic E-state index is 3.85. The van der Waals surface area contributed by atoms with Crippen molar-refractivity contribution in [2.24, 2.45) is 0 Å². The Labute approximate surface area is 126 Å². The van der Waals surface area contributed by atoms with Crippen LogP contribution >= 0.6 is 0 Å². The van der Waals surface area contributed by atoms with Crippen LogP contribution in [0.1, 0.15) is 83.7 Å². The van der Waals surface area contributed by atoms with Gasteiger partial charge >= 0.3 is 0 Å². The van der Waals surface area contributed by atoms with Gasteiger partial charge in [0.15, 0.2) is 0 Å². The summed E-state index contributed by atoms with van der Waals surface area (Å²) in [4.78, 5) is 0. The Bertz CT molecular complexity index is 310. The Morgan fingerprint density at radius 1 is 0.850 bits per heavy atom. The van der Waals surface area contributed by atoms with E-state index in [4.69, 9.17) is 0 Å². The van der Waals surface area contributed by atoms with Gasteiger partial charge < -0.3 is 5.32 Å². The van der Waals surface area contributed by atoms with Crippen molar-refractivity contribution in [1.29, 1.82) is 0 Å². The fourth-order valence-electron chi connectivity index (χ4n) is 2.78. The minimum absolute atomic E-state index is 0.462. The van der Waals surface area contributed by atoms with Crippen LogP contribution in [0, 0.1) is 0 Å². The molecule has 1 heteroatoms. The van der Waals surface area contributed by atoms with E-state index in [2.05, 4.69) is 56.4 Å². The average molecular weight is 275 g/mol. The van der Waals surface area contributed by atoms with Crippen molar-refractivity contribution < 1.29 is 0 Å². The number of nitrogens with one attached hydrogen (secondary N) is 1. The molecule has 0 aliphatic heterocycles. The van der Waals surface area contributed by atoms with E-state index in [-0.39, 0.29) is 0 Å². The lowest BCUT2D eigenvalue weighted by Crippen LogP contribution is -2.31. The summed E-state index contributed by atoms with van der Waals surface area (Å²) in [5.41, 5.74) is 1.41. The van der Waals surface area contributed by atoms with Gasteiger partial charge in [-0.3, -0.25) is 0 Å². The van der Waals surface area contributed by atoms with Gasteiger partial charge in [0.2, 0.25) is 0 Å². The second-order valence-corrected chi connectivity index (χ2v) is 5.99. The van der Waals surface area contributed by atoms with Crippen molar-refractivity contribution >= 4 is 0 Å². The van der Waals surface area contributed by atoms with Crippen LogP contribution in [0.4, 0.5) is 0 Å². The Kier molecular flexibility index (Phi) is 9.40. The first-order chi connectivity index (χ1) is 9.77. The Morgan fingerprint density at radius 3 is 1.90 bits per heavy atom. The Morgan fingerprint density at radius 2 is 1.40 bits per heavy atom.